The molecule has 0 spiro atoms. The smallest absolute Gasteiger partial charge is 0.185 e. The number of benzene rings is 2. The van der Waals surface area contributed by atoms with E-state index in [1.54, 1.807) is 0 Å². The van der Waals surface area contributed by atoms with Crippen molar-refractivity contribution in [1.82, 2.24) is 0 Å². The second-order valence-corrected chi connectivity index (χ2v) is 8.33. The Morgan fingerprint density at radius 2 is 1.60 bits per heavy atom. The number of Topliss-reactive ketones (excluding diaryl/α,β-unsaturated/α-hetero) is 1. The normalized spacial score (nSPS) is 13.9. The van der Waals surface area contributed by atoms with Gasteiger partial charge < -0.3 is 0 Å². The minimum absolute atomic E-state index is 0.0397. The zero-order valence-corrected chi connectivity index (χ0v) is 16.9. The SMILES string of the molecule is Cc1cc(C)c(C(=O)C(CC(C)C)(P=O)c2ccccc2)c(C)c1C. The molecule has 0 saturated heterocycles. The van der Waals surface area contributed by atoms with E-state index in [1.807, 2.05) is 51.1 Å². The predicted molar refractivity (Wildman–Crippen MR) is 105 cm³/mol. The fourth-order valence-corrected chi connectivity index (χ4v) is 4.51. The van der Waals surface area contributed by atoms with Crippen molar-refractivity contribution in [2.24, 2.45) is 5.92 Å². The molecule has 132 valence electrons. The number of ketones is 1. The Labute approximate surface area is 152 Å². The van der Waals surface area contributed by atoms with E-state index in [-0.39, 0.29) is 20.2 Å². The van der Waals surface area contributed by atoms with E-state index in [0.717, 1.165) is 27.8 Å². The highest BCUT2D eigenvalue weighted by atomic mass is 31.1. The highest BCUT2D eigenvalue weighted by Crippen LogP contribution is 2.45. The molecule has 0 heterocycles. The zero-order chi connectivity index (χ0) is 18.8. The molecule has 3 heteroatoms. The minimum Gasteiger partial charge on any atom is -0.292 e. The average Bonchev–Trinajstić information content (AvgIpc) is 2.58. The van der Waals surface area contributed by atoms with Crippen LogP contribution in [0.4, 0.5) is 0 Å². The van der Waals surface area contributed by atoms with Crippen molar-refractivity contribution < 1.29 is 9.36 Å². The minimum atomic E-state index is -1.04. The summed E-state index contributed by atoms with van der Waals surface area (Å²) in [5.41, 5.74) is 5.80. The molecule has 0 radical (unpaired) electrons. The molecular formula is C22H27O2P. The van der Waals surface area contributed by atoms with E-state index in [9.17, 15) is 9.36 Å². The van der Waals surface area contributed by atoms with Gasteiger partial charge in [-0.3, -0.25) is 9.36 Å². The summed E-state index contributed by atoms with van der Waals surface area (Å²) in [6.45, 7) is 12.2. The van der Waals surface area contributed by atoms with Crippen LogP contribution in [-0.2, 0) is 9.72 Å². The number of carbonyl (C=O) groups is 1. The highest BCUT2D eigenvalue weighted by molar-refractivity contribution is 7.27. The number of rotatable bonds is 6. The van der Waals surface area contributed by atoms with E-state index in [2.05, 4.69) is 26.8 Å². The van der Waals surface area contributed by atoms with Crippen molar-refractivity contribution in [3.63, 3.8) is 0 Å². The molecule has 2 rings (SSSR count). The van der Waals surface area contributed by atoms with Crippen LogP contribution in [0.25, 0.3) is 0 Å². The molecule has 0 aromatic heterocycles. The maximum Gasteiger partial charge on any atom is 0.185 e. The molecule has 2 aromatic rings. The maximum atomic E-state index is 13.7. The number of carbonyl (C=O) groups excluding carboxylic acids is 1. The molecule has 2 aromatic carbocycles. The van der Waals surface area contributed by atoms with Crippen molar-refractivity contribution in [1.29, 1.82) is 0 Å². The first kappa shape index (κ1) is 19.5. The molecule has 0 amide bonds. The van der Waals surface area contributed by atoms with Gasteiger partial charge in [0.15, 0.2) is 14.2 Å². The van der Waals surface area contributed by atoms with Gasteiger partial charge >= 0.3 is 0 Å². The number of aryl methyl sites for hydroxylation is 2. The lowest BCUT2D eigenvalue weighted by Crippen LogP contribution is -2.33. The van der Waals surface area contributed by atoms with Crippen LogP contribution in [0.15, 0.2) is 36.4 Å². The summed E-state index contributed by atoms with van der Waals surface area (Å²) in [6, 6.07) is 11.6. The lowest BCUT2D eigenvalue weighted by atomic mass is 9.80. The standard InChI is InChI=1S/C22H27O2P/c1-14(2)13-22(25-24,19-10-8-7-9-11-19)21(23)20-16(4)12-15(3)17(5)18(20)6/h7-12,14H,13H2,1-6H3. The molecule has 0 N–H and O–H groups in total. The van der Waals surface area contributed by atoms with Gasteiger partial charge in [-0.2, -0.15) is 0 Å². The summed E-state index contributed by atoms with van der Waals surface area (Å²) in [6.07, 6.45) is 0.548. The van der Waals surface area contributed by atoms with E-state index in [1.165, 1.54) is 5.56 Å². The molecule has 0 aliphatic rings. The van der Waals surface area contributed by atoms with Crippen LogP contribution in [0.1, 0.15) is 58.4 Å². The number of hydrogen-bond acceptors (Lipinski definition) is 2. The predicted octanol–water partition coefficient (Wildman–Crippen LogP) is 6.34. The quantitative estimate of drug-likeness (QED) is 0.448. The average molecular weight is 354 g/mol. The van der Waals surface area contributed by atoms with Gasteiger partial charge in [-0.25, -0.2) is 0 Å². The van der Waals surface area contributed by atoms with Crippen molar-refractivity contribution in [2.45, 2.75) is 53.1 Å². The lowest BCUT2D eigenvalue weighted by molar-refractivity contribution is 0.0923. The van der Waals surface area contributed by atoms with Crippen LogP contribution >= 0.6 is 8.46 Å². The van der Waals surface area contributed by atoms with Crippen LogP contribution in [-0.4, -0.2) is 5.78 Å². The first-order valence-electron chi connectivity index (χ1n) is 8.76. The molecule has 25 heavy (non-hydrogen) atoms. The molecule has 0 saturated carbocycles. The van der Waals surface area contributed by atoms with E-state index < -0.39 is 5.16 Å². The first-order chi connectivity index (χ1) is 11.7. The van der Waals surface area contributed by atoms with Crippen LogP contribution in [0.5, 0.6) is 0 Å². The second kappa shape index (κ2) is 7.62. The van der Waals surface area contributed by atoms with Gasteiger partial charge in [0.1, 0.15) is 5.16 Å². The topological polar surface area (TPSA) is 34.1 Å². The molecule has 1 atom stereocenters. The van der Waals surface area contributed by atoms with Gasteiger partial charge in [0, 0.05) is 5.56 Å². The number of hydrogen-bond donors (Lipinski definition) is 0. The second-order valence-electron chi connectivity index (χ2n) is 7.38. The molecule has 0 fully saturated rings. The van der Waals surface area contributed by atoms with E-state index in [0.29, 0.717) is 6.42 Å². The van der Waals surface area contributed by atoms with Gasteiger partial charge in [-0.05, 0) is 67.9 Å². The summed E-state index contributed by atoms with van der Waals surface area (Å²) < 4.78 is 12.4. The van der Waals surface area contributed by atoms with Crippen LogP contribution in [0, 0.1) is 33.6 Å². The molecule has 1 unspecified atom stereocenters. The molecule has 0 aliphatic carbocycles. The lowest BCUT2D eigenvalue weighted by Gasteiger charge is -2.29. The summed E-state index contributed by atoms with van der Waals surface area (Å²) in [5, 5.41) is -1.04. The maximum absolute atomic E-state index is 13.7. The van der Waals surface area contributed by atoms with E-state index >= 15 is 0 Å². The Hall–Kier alpha value is -1.79. The summed E-state index contributed by atoms with van der Waals surface area (Å²) in [4.78, 5) is 13.7. The fourth-order valence-electron chi connectivity index (χ4n) is 3.62. The Morgan fingerprint density at radius 1 is 1.00 bits per heavy atom. The third-order valence-electron chi connectivity index (χ3n) is 5.07. The summed E-state index contributed by atoms with van der Waals surface area (Å²) in [5.74, 6) is 0.208. The Morgan fingerprint density at radius 3 is 2.12 bits per heavy atom. The molecular weight excluding hydrogens is 327 g/mol. The first-order valence-corrected chi connectivity index (χ1v) is 9.58. The Balaban J connectivity index is 2.74. The van der Waals surface area contributed by atoms with Gasteiger partial charge in [-0.1, -0.05) is 50.2 Å². The van der Waals surface area contributed by atoms with Crippen molar-refractivity contribution in [3.8, 4) is 0 Å². The van der Waals surface area contributed by atoms with Crippen molar-refractivity contribution in [3.05, 3.63) is 69.8 Å². The van der Waals surface area contributed by atoms with Crippen LogP contribution in [0.2, 0.25) is 0 Å². The zero-order valence-electron chi connectivity index (χ0n) is 16.0. The third-order valence-corrected chi connectivity index (χ3v) is 6.03. The molecule has 0 bridgehead atoms. The largest absolute Gasteiger partial charge is 0.292 e. The van der Waals surface area contributed by atoms with Gasteiger partial charge in [0.05, 0.1) is 0 Å². The summed E-state index contributed by atoms with van der Waals surface area (Å²) in [7, 11) is -0.144. The van der Waals surface area contributed by atoms with Gasteiger partial charge in [0.2, 0.25) is 0 Å². The molecule has 2 nitrogen and oxygen atoms in total. The summed E-state index contributed by atoms with van der Waals surface area (Å²) >= 11 is 0. The van der Waals surface area contributed by atoms with E-state index in [4.69, 9.17) is 0 Å². The third kappa shape index (κ3) is 3.60. The Bertz CT molecular complexity index is 793. The highest BCUT2D eigenvalue weighted by Gasteiger charge is 2.43. The van der Waals surface area contributed by atoms with Crippen LogP contribution < -0.4 is 0 Å². The monoisotopic (exact) mass is 354 g/mol. The Kier molecular flexibility index (Phi) is 5.95. The van der Waals surface area contributed by atoms with Crippen molar-refractivity contribution in [2.75, 3.05) is 0 Å². The van der Waals surface area contributed by atoms with Crippen molar-refractivity contribution >= 4 is 14.2 Å². The van der Waals surface area contributed by atoms with Gasteiger partial charge in [-0.15, -0.1) is 0 Å². The van der Waals surface area contributed by atoms with Gasteiger partial charge in [0.25, 0.3) is 0 Å². The van der Waals surface area contributed by atoms with Crippen LogP contribution in [0.3, 0.4) is 0 Å². The fraction of sp³-hybridized carbons (Fsp3) is 0.409. The molecule has 0 aliphatic heterocycles.